The predicted octanol–water partition coefficient (Wildman–Crippen LogP) is 3.33. The fourth-order valence-electron chi connectivity index (χ4n) is 2.63. The molecule has 1 N–H and O–H groups in total. The number of hydrogen-bond acceptors (Lipinski definition) is 3. The highest BCUT2D eigenvalue weighted by molar-refractivity contribution is 5.94. The summed E-state index contributed by atoms with van der Waals surface area (Å²) in [5.41, 5.74) is 3.63. The van der Waals surface area contributed by atoms with E-state index in [1.165, 1.54) is 5.56 Å². The minimum atomic E-state index is -0.0554. The Kier molecular flexibility index (Phi) is 5.57. The monoisotopic (exact) mass is 334 g/mol. The van der Waals surface area contributed by atoms with E-state index in [2.05, 4.69) is 22.3 Å². The summed E-state index contributed by atoms with van der Waals surface area (Å²) >= 11 is 0. The Morgan fingerprint density at radius 3 is 2.64 bits per heavy atom. The molecule has 2 aromatic heterocycles. The van der Waals surface area contributed by atoms with Crippen molar-refractivity contribution in [3.63, 3.8) is 0 Å². The zero-order valence-corrected chi connectivity index (χ0v) is 14.4. The molecule has 0 aliphatic carbocycles. The molecule has 1 aromatic carbocycles. The van der Waals surface area contributed by atoms with Gasteiger partial charge in [-0.05, 0) is 42.3 Å². The van der Waals surface area contributed by atoms with Gasteiger partial charge in [-0.1, -0.05) is 31.5 Å². The lowest BCUT2D eigenvalue weighted by atomic mass is 10.1. The lowest BCUT2D eigenvalue weighted by Gasteiger charge is -2.06. The Bertz CT molecular complexity index is 809. The Balaban J connectivity index is 1.51. The number of rotatable bonds is 7. The number of aromatic nitrogens is 3. The van der Waals surface area contributed by atoms with Crippen molar-refractivity contribution in [1.29, 1.82) is 0 Å². The second-order valence-electron chi connectivity index (χ2n) is 5.88. The van der Waals surface area contributed by atoms with Crippen LogP contribution in [0.4, 0.5) is 0 Å². The third-order valence-electron chi connectivity index (χ3n) is 3.95. The van der Waals surface area contributed by atoms with Gasteiger partial charge in [0.2, 0.25) is 0 Å². The van der Waals surface area contributed by atoms with E-state index < -0.39 is 0 Å². The molecule has 0 radical (unpaired) electrons. The molecule has 1 amide bonds. The largest absolute Gasteiger partial charge is 0.350 e. The topological polar surface area (TPSA) is 59.8 Å². The maximum Gasteiger partial charge on any atom is 0.251 e. The van der Waals surface area contributed by atoms with Crippen LogP contribution in [0.3, 0.4) is 0 Å². The Morgan fingerprint density at radius 1 is 1.08 bits per heavy atom. The number of carbonyl (C=O) groups excluding carboxylic acids is 1. The lowest BCUT2D eigenvalue weighted by Crippen LogP contribution is -2.27. The fraction of sp³-hybridized carbons (Fsp3) is 0.250. The van der Waals surface area contributed by atoms with Gasteiger partial charge in [0.05, 0.1) is 12.2 Å². The van der Waals surface area contributed by atoms with E-state index in [9.17, 15) is 4.79 Å². The van der Waals surface area contributed by atoms with Crippen LogP contribution in [0, 0.1) is 0 Å². The smallest absolute Gasteiger partial charge is 0.251 e. The van der Waals surface area contributed by atoms with Gasteiger partial charge >= 0.3 is 0 Å². The highest BCUT2D eigenvalue weighted by Crippen LogP contribution is 2.12. The quantitative estimate of drug-likeness (QED) is 0.721. The molecule has 0 atom stereocenters. The van der Waals surface area contributed by atoms with Crippen molar-refractivity contribution in [2.24, 2.45) is 0 Å². The molecule has 25 heavy (non-hydrogen) atoms. The normalized spacial score (nSPS) is 10.6. The predicted molar refractivity (Wildman–Crippen MR) is 98.2 cm³/mol. The number of carbonyl (C=O) groups is 1. The number of nitrogens with zero attached hydrogens (tertiary/aromatic N) is 3. The first-order valence-corrected chi connectivity index (χ1v) is 8.58. The third kappa shape index (κ3) is 4.53. The van der Waals surface area contributed by atoms with Gasteiger partial charge < -0.3 is 5.32 Å². The molecule has 5 nitrogen and oxygen atoms in total. The minimum absolute atomic E-state index is 0.0554. The highest BCUT2D eigenvalue weighted by Gasteiger charge is 2.06. The number of aryl methyl sites for hydroxylation is 1. The fourth-order valence-corrected chi connectivity index (χ4v) is 2.63. The summed E-state index contributed by atoms with van der Waals surface area (Å²) in [6.45, 7) is 3.29. The van der Waals surface area contributed by atoms with Gasteiger partial charge in [0, 0.05) is 24.5 Å². The van der Waals surface area contributed by atoms with Crippen molar-refractivity contribution in [3.8, 4) is 11.4 Å². The van der Waals surface area contributed by atoms with Crippen molar-refractivity contribution >= 4 is 5.91 Å². The summed E-state index contributed by atoms with van der Waals surface area (Å²) in [5.74, 6) is -0.0554. The zero-order valence-electron chi connectivity index (χ0n) is 14.4. The first-order valence-electron chi connectivity index (χ1n) is 8.58. The molecule has 0 aliphatic heterocycles. The first-order chi connectivity index (χ1) is 12.3. The maximum absolute atomic E-state index is 12.2. The van der Waals surface area contributed by atoms with E-state index in [0.717, 1.165) is 24.2 Å². The Labute approximate surface area is 147 Å². The summed E-state index contributed by atoms with van der Waals surface area (Å²) < 4.78 is 1.81. The molecule has 0 fully saturated rings. The van der Waals surface area contributed by atoms with Crippen LogP contribution in [0.5, 0.6) is 0 Å². The third-order valence-corrected chi connectivity index (χ3v) is 3.95. The van der Waals surface area contributed by atoms with Crippen molar-refractivity contribution in [2.45, 2.75) is 26.3 Å². The number of hydrogen-bond donors (Lipinski definition) is 1. The maximum atomic E-state index is 12.2. The van der Waals surface area contributed by atoms with Crippen LogP contribution in [0.25, 0.3) is 11.4 Å². The SMILES string of the molecule is CCCc1ccc(C(=O)NCCn2ccc(-c3ccccn3)n2)cc1. The second kappa shape index (κ2) is 8.24. The minimum Gasteiger partial charge on any atom is -0.350 e. The van der Waals surface area contributed by atoms with Gasteiger partial charge in [-0.2, -0.15) is 5.10 Å². The van der Waals surface area contributed by atoms with Crippen LogP contribution in [0.1, 0.15) is 29.3 Å². The summed E-state index contributed by atoms with van der Waals surface area (Å²) in [5, 5.41) is 7.42. The van der Waals surface area contributed by atoms with Crippen LogP contribution in [0.2, 0.25) is 0 Å². The molecule has 3 rings (SSSR count). The van der Waals surface area contributed by atoms with E-state index in [1.54, 1.807) is 6.20 Å². The molecular formula is C20H22N4O. The van der Waals surface area contributed by atoms with Crippen LogP contribution in [-0.4, -0.2) is 27.2 Å². The molecule has 0 spiro atoms. The average Bonchev–Trinajstić information content (AvgIpc) is 3.12. The number of benzene rings is 1. The van der Waals surface area contributed by atoms with E-state index >= 15 is 0 Å². The molecule has 0 aliphatic rings. The molecule has 0 unspecified atom stereocenters. The van der Waals surface area contributed by atoms with Crippen LogP contribution < -0.4 is 5.32 Å². The molecular weight excluding hydrogens is 312 g/mol. The number of amides is 1. The van der Waals surface area contributed by atoms with Gasteiger partial charge in [-0.15, -0.1) is 0 Å². The van der Waals surface area contributed by atoms with E-state index in [0.29, 0.717) is 18.7 Å². The average molecular weight is 334 g/mol. The summed E-state index contributed by atoms with van der Waals surface area (Å²) in [6.07, 6.45) is 5.80. The first kappa shape index (κ1) is 16.9. The highest BCUT2D eigenvalue weighted by atomic mass is 16.1. The zero-order chi connectivity index (χ0) is 17.5. The van der Waals surface area contributed by atoms with E-state index in [1.807, 2.05) is 59.4 Å². The molecule has 2 heterocycles. The standard InChI is InChI=1S/C20H22N4O/c1-2-5-16-7-9-17(10-8-16)20(25)22-13-15-24-14-11-19(23-24)18-6-3-4-12-21-18/h3-4,6-12,14H,2,5,13,15H2,1H3,(H,22,25). The van der Waals surface area contributed by atoms with Crippen LogP contribution in [0.15, 0.2) is 60.9 Å². The molecule has 128 valence electrons. The molecule has 0 saturated carbocycles. The van der Waals surface area contributed by atoms with Crippen molar-refractivity contribution in [3.05, 3.63) is 72.1 Å². The molecule has 3 aromatic rings. The molecule has 0 bridgehead atoms. The van der Waals surface area contributed by atoms with Gasteiger partial charge in [-0.25, -0.2) is 0 Å². The molecule has 5 heteroatoms. The van der Waals surface area contributed by atoms with Gasteiger partial charge in [0.1, 0.15) is 5.69 Å². The van der Waals surface area contributed by atoms with Crippen LogP contribution in [-0.2, 0) is 13.0 Å². The number of pyridine rings is 1. The van der Waals surface area contributed by atoms with Gasteiger partial charge in [0.15, 0.2) is 0 Å². The summed E-state index contributed by atoms with van der Waals surface area (Å²) in [6, 6.07) is 15.5. The second-order valence-corrected chi connectivity index (χ2v) is 5.88. The van der Waals surface area contributed by atoms with Crippen molar-refractivity contribution in [2.75, 3.05) is 6.54 Å². The lowest BCUT2D eigenvalue weighted by molar-refractivity contribution is 0.0952. The molecule has 0 saturated heterocycles. The number of nitrogens with one attached hydrogen (secondary N) is 1. The Hall–Kier alpha value is -2.95. The van der Waals surface area contributed by atoms with E-state index in [-0.39, 0.29) is 5.91 Å². The van der Waals surface area contributed by atoms with Crippen LogP contribution >= 0.6 is 0 Å². The summed E-state index contributed by atoms with van der Waals surface area (Å²) in [7, 11) is 0. The summed E-state index contributed by atoms with van der Waals surface area (Å²) in [4.78, 5) is 16.5. The van der Waals surface area contributed by atoms with Gasteiger partial charge in [-0.3, -0.25) is 14.5 Å². The van der Waals surface area contributed by atoms with Crippen molar-refractivity contribution < 1.29 is 4.79 Å². The van der Waals surface area contributed by atoms with Gasteiger partial charge in [0.25, 0.3) is 5.91 Å². The van der Waals surface area contributed by atoms with E-state index in [4.69, 9.17) is 0 Å². The van der Waals surface area contributed by atoms with Crippen molar-refractivity contribution in [1.82, 2.24) is 20.1 Å². The Morgan fingerprint density at radius 2 is 1.92 bits per heavy atom.